The van der Waals surface area contributed by atoms with E-state index in [2.05, 4.69) is 0 Å². The van der Waals surface area contributed by atoms with Crippen LogP contribution >= 0.6 is 0 Å². The molecule has 0 amide bonds. The minimum atomic E-state index is -0.834. The molecule has 1 aromatic carbocycles. The second kappa shape index (κ2) is 5.43. The number of para-hydroxylation sites is 1. The van der Waals surface area contributed by atoms with E-state index in [1.54, 1.807) is 6.07 Å². The minimum Gasteiger partial charge on any atom is -0.490 e. The second-order valence-electron chi connectivity index (χ2n) is 5.95. The smallest absolute Gasteiger partial charge is 0.303 e. The van der Waals surface area contributed by atoms with Crippen molar-refractivity contribution in [1.29, 1.82) is 0 Å². The number of benzene rings is 1. The number of carboxylic acids is 1. The van der Waals surface area contributed by atoms with Gasteiger partial charge in [-0.1, -0.05) is 12.1 Å². The average Bonchev–Trinajstić information content (AvgIpc) is 3.27. The molecule has 0 spiro atoms. The monoisotopic (exact) mass is 278 g/mol. The zero-order chi connectivity index (χ0) is 14.1. The maximum Gasteiger partial charge on any atom is 0.303 e. The molecule has 2 aliphatic carbocycles. The van der Waals surface area contributed by atoms with Crippen LogP contribution in [0.1, 0.15) is 43.6 Å². The van der Waals surface area contributed by atoms with Crippen LogP contribution in [0.25, 0.3) is 0 Å². The van der Waals surface area contributed by atoms with Gasteiger partial charge in [0.05, 0.1) is 13.0 Å². The lowest BCUT2D eigenvalue weighted by molar-refractivity contribution is -0.137. The summed E-state index contributed by atoms with van der Waals surface area (Å²) in [5.74, 6) is -0.161. The summed E-state index contributed by atoms with van der Waals surface area (Å²) >= 11 is 0. The predicted molar refractivity (Wildman–Crippen MR) is 72.3 cm³/mol. The lowest BCUT2D eigenvalue weighted by atomic mass is 9.90. The Balaban J connectivity index is 1.84. The number of carboxylic acid groups (broad SMARTS) is 1. The first-order valence-corrected chi connectivity index (χ1v) is 7.28. The molecule has 2 saturated carbocycles. The Morgan fingerprint density at radius 2 is 2.10 bits per heavy atom. The molecule has 2 aliphatic rings. The van der Waals surface area contributed by atoms with Gasteiger partial charge < -0.3 is 9.84 Å². The third-order valence-electron chi connectivity index (χ3n) is 4.14. The molecular formula is C16H19FO3. The third kappa shape index (κ3) is 3.11. The second-order valence-corrected chi connectivity index (χ2v) is 5.95. The van der Waals surface area contributed by atoms with Crippen molar-refractivity contribution < 1.29 is 19.0 Å². The van der Waals surface area contributed by atoms with Crippen molar-refractivity contribution >= 4 is 5.97 Å². The molecule has 1 aromatic rings. The van der Waals surface area contributed by atoms with Crippen LogP contribution in [0.15, 0.2) is 18.2 Å². The molecule has 108 valence electrons. The van der Waals surface area contributed by atoms with Gasteiger partial charge in [0.15, 0.2) is 11.6 Å². The van der Waals surface area contributed by atoms with E-state index in [0.717, 1.165) is 31.2 Å². The van der Waals surface area contributed by atoms with Crippen LogP contribution in [0.4, 0.5) is 4.39 Å². The van der Waals surface area contributed by atoms with Crippen LogP contribution in [0.3, 0.4) is 0 Å². The van der Waals surface area contributed by atoms with Gasteiger partial charge in [0.25, 0.3) is 0 Å². The largest absolute Gasteiger partial charge is 0.490 e. The molecule has 3 rings (SSSR count). The Bertz CT molecular complexity index is 506. The standard InChI is InChI=1S/C16H19FO3/c17-14-3-1-2-12(16(14)20-9-10-4-5-10)13(8-15(18)19)11-6-7-11/h1-3,10-11,13H,4-9H2,(H,18,19). The van der Waals surface area contributed by atoms with Crippen LogP contribution in [0.2, 0.25) is 0 Å². The summed E-state index contributed by atoms with van der Waals surface area (Å²) in [6.07, 6.45) is 4.39. The van der Waals surface area contributed by atoms with Crippen LogP contribution in [-0.2, 0) is 4.79 Å². The highest BCUT2D eigenvalue weighted by atomic mass is 19.1. The maximum absolute atomic E-state index is 14.0. The van der Waals surface area contributed by atoms with Gasteiger partial charge in [-0.2, -0.15) is 0 Å². The Morgan fingerprint density at radius 3 is 2.70 bits per heavy atom. The van der Waals surface area contributed by atoms with Crippen molar-refractivity contribution in [2.24, 2.45) is 11.8 Å². The van der Waals surface area contributed by atoms with Gasteiger partial charge in [-0.05, 0) is 43.6 Å². The molecule has 1 N–H and O–H groups in total. The van der Waals surface area contributed by atoms with Gasteiger partial charge >= 0.3 is 5.97 Å². The van der Waals surface area contributed by atoms with E-state index in [4.69, 9.17) is 9.84 Å². The number of halogens is 1. The third-order valence-corrected chi connectivity index (χ3v) is 4.14. The predicted octanol–water partition coefficient (Wildman–Crippen LogP) is 3.58. The van der Waals surface area contributed by atoms with Crippen molar-refractivity contribution in [2.75, 3.05) is 6.61 Å². The molecule has 4 heteroatoms. The zero-order valence-corrected chi connectivity index (χ0v) is 11.3. The Labute approximate surface area is 117 Å². The first kappa shape index (κ1) is 13.4. The molecule has 0 heterocycles. The van der Waals surface area contributed by atoms with Gasteiger partial charge in [0.1, 0.15) is 0 Å². The van der Waals surface area contributed by atoms with E-state index < -0.39 is 5.97 Å². The molecule has 3 nitrogen and oxygen atoms in total. The summed E-state index contributed by atoms with van der Waals surface area (Å²) in [6, 6.07) is 4.85. The quantitative estimate of drug-likeness (QED) is 0.829. The summed E-state index contributed by atoms with van der Waals surface area (Å²) in [5, 5.41) is 9.08. The van der Waals surface area contributed by atoms with Gasteiger partial charge in [-0.3, -0.25) is 4.79 Å². The topological polar surface area (TPSA) is 46.5 Å². The number of aliphatic carboxylic acids is 1. The van der Waals surface area contributed by atoms with Gasteiger partial charge in [0.2, 0.25) is 0 Å². The summed E-state index contributed by atoms with van der Waals surface area (Å²) in [6.45, 7) is 0.540. The fourth-order valence-corrected chi connectivity index (χ4v) is 2.67. The normalized spacial score (nSPS) is 19.6. The van der Waals surface area contributed by atoms with E-state index in [-0.39, 0.29) is 23.9 Å². The minimum absolute atomic E-state index is 0.0495. The molecule has 0 radical (unpaired) electrons. The molecular weight excluding hydrogens is 259 g/mol. The van der Waals surface area contributed by atoms with Crippen LogP contribution in [0.5, 0.6) is 5.75 Å². The number of rotatable bonds is 7. The van der Waals surface area contributed by atoms with E-state index in [1.165, 1.54) is 6.07 Å². The summed E-state index contributed by atoms with van der Waals surface area (Å²) in [5.41, 5.74) is 0.732. The lowest BCUT2D eigenvalue weighted by Gasteiger charge is -2.19. The van der Waals surface area contributed by atoms with Gasteiger partial charge in [-0.15, -0.1) is 0 Å². The molecule has 1 unspecified atom stereocenters. The molecule has 0 aliphatic heterocycles. The van der Waals surface area contributed by atoms with E-state index in [1.807, 2.05) is 6.07 Å². The summed E-state index contributed by atoms with van der Waals surface area (Å²) < 4.78 is 19.7. The Kier molecular flexibility index (Phi) is 3.64. The molecule has 2 fully saturated rings. The first-order chi connectivity index (χ1) is 9.65. The van der Waals surface area contributed by atoms with Gasteiger partial charge in [-0.25, -0.2) is 4.39 Å². The average molecular weight is 278 g/mol. The highest BCUT2D eigenvalue weighted by Gasteiger charge is 2.36. The van der Waals surface area contributed by atoms with E-state index in [0.29, 0.717) is 18.4 Å². The Hall–Kier alpha value is -1.58. The molecule has 0 bridgehead atoms. The first-order valence-electron chi connectivity index (χ1n) is 7.28. The van der Waals surface area contributed by atoms with E-state index >= 15 is 0 Å². The van der Waals surface area contributed by atoms with Crippen molar-refractivity contribution in [3.63, 3.8) is 0 Å². The van der Waals surface area contributed by atoms with Crippen molar-refractivity contribution in [3.05, 3.63) is 29.6 Å². The molecule has 0 aromatic heterocycles. The van der Waals surface area contributed by atoms with Gasteiger partial charge in [0, 0.05) is 11.5 Å². The fraction of sp³-hybridized carbons (Fsp3) is 0.562. The molecule has 0 saturated heterocycles. The van der Waals surface area contributed by atoms with Crippen LogP contribution < -0.4 is 4.74 Å². The maximum atomic E-state index is 14.0. The van der Waals surface area contributed by atoms with Crippen LogP contribution in [-0.4, -0.2) is 17.7 Å². The summed E-state index contributed by atoms with van der Waals surface area (Å²) in [7, 11) is 0. The fourth-order valence-electron chi connectivity index (χ4n) is 2.67. The molecule has 1 atom stereocenters. The van der Waals surface area contributed by atoms with E-state index in [9.17, 15) is 9.18 Å². The highest BCUT2D eigenvalue weighted by molar-refractivity contribution is 5.68. The van der Waals surface area contributed by atoms with Crippen LogP contribution in [0, 0.1) is 17.7 Å². The van der Waals surface area contributed by atoms with Crippen molar-refractivity contribution in [3.8, 4) is 5.75 Å². The summed E-state index contributed by atoms with van der Waals surface area (Å²) in [4.78, 5) is 11.1. The number of hydrogen-bond donors (Lipinski definition) is 1. The SMILES string of the molecule is O=C(O)CC(c1cccc(F)c1OCC1CC1)C1CC1. The number of hydrogen-bond acceptors (Lipinski definition) is 2. The number of ether oxygens (including phenoxy) is 1. The lowest BCUT2D eigenvalue weighted by Crippen LogP contribution is -2.12. The zero-order valence-electron chi connectivity index (χ0n) is 11.3. The highest BCUT2D eigenvalue weighted by Crippen LogP contribution is 2.47. The molecule has 20 heavy (non-hydrogen) atoms. The number of carbonyl (C=O) groups is 1. The Morgan fingerprint density at radius 1 is 1.35 bits per heavy atom. The van der Waals surface area contributed by atoms with Crippen molar-refractivity contribution in [1.82, 2.24) is 0 Å². The van der Waals surface area contributed by atoms with Crippen molar-refractivity contribution in [2.45, 2.75) is 38.0 Å².